The van der Waals surface area contributed by atoms with Gasteiger partial charge in [0.2, 0.25) is 15.9 Å². The first-order valence-corrected chi connectivity index (χ1v) is 8.54. The summed E-state index contributed by atoms with van der Waals surface area (Å²) in [5.74, 6) is -2.61. The molecule has 2 aromatic rings. The average Bonchev–Trinajstić information content (AvgIpc) is 2.54. The topological polar surface area (TPSA) is 75.7 Å². The number of methoxy groups -OCH3 is 1. The molecule has 6 nitrogen and oxygen atoms in total. The third-order valence-corrected chi connectivity index (χ3v) is 5.16. The molecule has 0 radical (unpaired) electrons. The number of nitrogens with one attached hydrogen (secondary N) is 1. The molecule has 0 atom stereocenters. The maximum Gasteiger partial charge on any atom is 0.249 e. The number of benzene rings is 2. The smallest absolute Gasteiger partial charge is 0.249 e. The van der Waals surface area contributed by atoms with Gasteiger partial charge in [-0.2, -0.15) is 4.31 Å². The summed E-state index contributed by atoms with van der Waals surface area (Å²) in [6.07, 6.45) is 0. The molecule has 1 amide bonds. The van der Waals surface area contributed by atoms with E-state index in [0.717, 1.165) is 25.2 Å². The van der Waals surface area contributed by atoms with Gasteiger partial charge in [-0.3, -0.25) is 4.79 Å². The summed E-state index contributed by atoms with van der Waals surface area (Å²) in [5.41, 5.74) is 0.396. The summed E-state index contributed by atoms with van der Waals surface area (Å²) in [4.78, 5) is 10.9. The Hall–Kier alpha value is -2.52. The summed E-state index contributed by atoms with van der Waals surface area (Å²) >= 11 is 0. The SMILES string of the molecule is COc1cccc(NC(=O)CN(C)S(=O)(=O)c2c(F)cccc2F)c1. The van der Waals surface area contributed by atoms with Crippen LogP contribution in [-0.4, -0.2) is 39.3 Å². The minimum atomic E-state index is -4.50. The van der Waals surface area contributed by atoms with E-state index in [1.807, 2.05) is 0 Å². The number of likely N-dealkylation sites (N-methyl/N-ethyl adjacent to an activating group) is 1. The highest BCUT2D eigenvalue weighted by Gasteiger charge is 2.29. The van der Waals surface area contributed by atoms with Gasteiger partial charge in [0.25, 0.3) is 0 Å². The van der Waals surface area contributed by atoms with Crippen LogP contribution >= 0.6 is 0 Å². The number of hydrogen-bond acceptors (Lipinski definition) is 4. The molecule has 0 aliphatic carbocycles. The van der Waals surface area contributed by atoms with Crippen LogP contribution in [0.5, 0.6) is 5.75 Å². The molecule has 0 heterocycles. The third kappa shape index (κ3) is 4.31. The fourth-order valence-electron chi connectivity index (χ4n) is 2.07. The van der Waals surface area contributed by atoms with E-state index in [2.05, 4.69) is 5.32 Å². The van der Waals surface area contributed by atoms with Crippen molar-refractivity contribution in [2.75, 3.05) is 26.0 Å². The molecule has 0 unspecified atom stereocenters. The number of carbonyl (C=O) groups excluding carboxylic acids is 1. The van der Waals surface area contributed by atoms with Crippen LogP contribution in [0.3, 0.4) is 0 Å². The molecule has 0 aliphatic rings. The summed E-state index contributed by atoms with van der Waals surface area (Å²) in [6.45, 7) is -0.618. The number of halogens is 2. The van der Waals surface area contributed by atoms with E-state index >= 15 is 0 Å². The number of rotatable bonds is 6. The number of ether oxygens (including phenoxy) is 1. The van der Waals surface area contributed by atoms with Crippen molar-refractivity contribution in [1.82, 2.24) is 4.31 Å². The van der Waals surface area contributed by atoms with Crippen molar-refractivity contribution in [3.8, 4) is 5.75 Å². The number of hydrogen-bond donors (Lipinski definition) is 1. The fourth-order valence-corrected chi connectivity index (χ4v) is 3.30. The van der Waals surface area contributed by atoms with Crippen LogP contribution in [0.4, 0.5) is 14.5 Å². The molecule has 0 saturated heterocycles. The lowest BCUT2D eigenvalue weighted by atomic mass is 10.3. The molecule has 0 bridgehead atoms. The number of amides is 1. The quantitative estimate of drug-likeness (QED) is 0.846. The average molecular weight is 370 g/mol. The molecule has 0 aromatic heterocycles. The van der Waals surface area contributed by atoms with Gasteiger partial charge < -0.3 is 10.1 Å². The van der Waals surface area contributed by atoms with E-state index in [1.165, 1.54) is 7.11 Å². The highest BCUT2D eigenvalue weighted by Crippen LogP contribution is 2.22. The van der Waals surface area contributed by atoms with Crippen molar-refractivity contribution in [1.29, 1.82) is 0 Å². The lowest BCUT2D eigenvalue weighted by molar-refractivity contribution is -0.116. The predicted molar refractivity (Wildman–Crippen MR) is 87.8 cm³/mol. The highest BCUT2D eigenvalue weighted by atomic mass is 32.2. The standard InChI is InChI=1S/C16H16F2N2O4S/c1-20(25(22,23)16-13(17)7-4-8-14(16)18)10-15(21)19-11-5-3-6-12(9-11)24-2/h3-9H,10H2,1-2H3,(H,19,21). The molecule has 134 valence electrons. The van der Waals surface area contributed by atoms with Crippen LogP contribution in [0.2, 0.25) is 0 Å². The van der Waals surface area contributed by atoms with Crippen LogP contribution in [0.1, 0.15) is 0 Å². The van der Waals surface area contributed by atoms with Crippen LogP contribution in [0.15, 0.2) is 47.4 Å². The molecule has 2 rings (SSSR count). The zero-order chi connectivity index (χ0) is 18.6. The van der Waals surface area contributed by atoms with Gasteiger partial charge in [0.05, 0.1) is 13.7 Å². The van der Waals surface area contributed by atoms with Crippen molar-refractivity contribution in [2.45, 2.75) is 4.90 Å². The molecular formula is C16H16F2N2O4S. The number of sulfonamides is 1. The van der Waals surface area contributed by atoms with Gasteiger partial charge in [-0.05, 0) is 24.3 Å². The third-order valence-electron chi connectivity index (χ3n) is 3.31. The first kappa shape index (κ1) is 18.8. The Labute approximate surface area is 144 Å². The monoisotopic (exact) mass is 370 g/mol. The van der Waals surface area contributed by atoms with E-state index in [4.69, 9.17) is 4.74 Å². The largest absolute Gasteiger partial charge is 0.497 e. The predicted octanol–water partition coefficient (Wildman–Crippen LogP) is 2.23. The van der Waals surface area contributed by atoms with Gasteiger partial charge >= 0.3 is 0 Å². The lowest BCUT2D eigenvalue weighted by Gasteiger charge is -2.17. The lowest BCUT2D eigenvalue weighted by Crippen LogP contribution is -2.35. The minimum Gasteiger partial charge on any atom is -0.497 e. The molecule has 0 spiro atoms. The van der Waals surface area contributed by atoms with E-state index in [1.54, 1.807) is 24.3 Å². The van der Waals surface area contributed by atoms with Gasteiger partial charge in [-0.15, -0.1) is 0 Å². The molecule has 9 heteroatoms. The second-order valence-corrected chi connectivity index (χ2v) is 7.07. The van der Waals surface area contributed by atoms with Crippen LogP contribution in [0.25, 0.3) is 0 Å². The van der Waals surface area contributed by atoms with Crippen molar-refractivity contribution < 1.29 is 26.7 Å². The van der Waals surface area contributed by atoms with E-state index in [-0.39, 0.29) is 0 Å². The Balaban J connectivity index is 2.15. The first-order valence-electron chi connectivity index (χ1n) is 7.10. The second kappa shape index (κ2) is 7.58. The van der Waals surface area contributed by atoms with Crippen LogP contribution in [-0.2, 0) is 14.8 Å². The van der Waals surface area contributed by atoms with E-state index in [9.17, 15) is 22.0 Å². The number of carbonyl (C=O) groups is 1. The van der Waals surface area contributed by atoms with Gasteiger partial charge in [0.1, 0.15) is 17.4 Å². The first-order chi connectivity index (χ1) is 11.8. The van der Waals surface area contributed by atoms with Gasteiger partial charge in [-0.25, -0.2) is 17.2 Å². The van der Waals surface area contributed by atoms with Crippen molar-refractivity contribution in [3.63, 3.8) is 0 Å². The molecule has 0 aliphatic heterocycles. The maximum absolute atomic E-state index is 13.7. The molecule has 0 fully saturated rings. The summed E-state index contributed by atoms with van der Waals surface area (Å²) in [6, 6.07) is 9.17. The van der Waals surface area contributed by atoms with Crippen molar-refractivity contribution in [3.05, 3.63) is 54.1 Å². The van der Waals surface area contributed by atoms with Gasteiger partial charge in [0, 0.05) is 18.8 Å². The highest BCUT2D eigenvalue weighted by molar-refractivity contribution is 7.89. The summed E-state index contributed by atoms with van der Waals surface area (Å²) in [5, 5.41) is 2.49. The Morgan fingerprint density at radius 2 is 1.76 bits per heavy atom. The second-order valence-electron chi connectivity index (χ2n) is 5.09. The summed E-state index contributed by atoms with van der Waals surface area (Å²) < 4.78 is 57.6. The number of nitrogens with zero attached hydrogens (tertiary/aromatic N) is 1. The van der Waals surface area contributed by atoms with E-state index < -0.39 is 39.0 Å². The molecular weight excluding hydrogens is 354 g/mol. The normalized spacial score (nSPS) is 11.4. The Bertz CT molecular complexity index is 867. The molecule has 25 heavy (non-hydrogen) atoms. The van der Waals surface area contributed by atoms with Crippen molar-refractivity contribution >= 4 is 21.6 Å². The van der Waals surface area contributed by atoms with Crippen LogP contribution in [0, 0.1) is 11.6 Å². The Morgan fingerprint density at radius 3 is 2.36 bits per heavy atom. The molecule has 2 aromatic carbocycles. The minimum absolute atomic E-state index is 0.396. The number of anilines is 1. The zero-order valence-electron chi connectivity index (χ0n) is 13.5. The zero-order valence-corrected chi connectivity index (χ0v) is 14.3. The summed E-state index contributed by atoms with van der Waals surface area (Å²) in [7, 11) is -1.98. The van der Waals surface area contributed by atoms with E-state index in [0.29, 0.717) is 15.7 Å². The van der Waals surface area contributed by atoms with Gasteiger partial charge in [-0.1, -0.05) is 12.1 Å². The maximum atomic E-state index is 13.7. The Morgan fingerprint density at radius 1 is 1.16 bits per heavy atom. The van der Waals surface area contributed by atoms with Gasteiger partial charge in [0.15, 0.2) is 4.90 Å². The molecule has 0 saturated carbocycles. The van der Waals surface area contributed by atoms with Crippen LogP contribution < -0.4 is 10.1 Å². The fraction of sp³-hybridized carbons (Fsp3) is 0.188. The molecule has 1 N–H and O–H groups in total. The van der Waals surface area contributed by atoms with Crippen molar-refractivity contribution in [2.24, 2.45) is 0 Å². The Kier molecular flexibility index (Phi) is 5.70.